The van der Waals surface area contributed by atoms with E-state index >= 15 is 0 Å². The van der Waals surface area contributed by atoms with E-state index in [0.29, 0.717) is 11.5 Å². The SMILES string of the molecule is Nc1ccc(-c2ncn(Cc3cc(F)ccc3F)n2)cc1. The maximum Gasteiger partial charge on any atom is 0.181 e. The van der Waals surface area contributed by atoms with E-state index in [1.54, 1.807) is 24.3 Å². The average molecular weight is 286 g/mol. The molecule has 3 aromatic rings. The van der Waals surface area contributed by atoms with Crippen LogP contribution in [0, 0.1) is 11.6 Å². The number of hydrogen-bond donors (Lipinski definition) is 1. The Morgan fingerprint density at radius 3 is 2.57 bits per heavy atom. The normalized spacial score (nSPS) is 10.8. The van der Waals surface area contributed by atoms with Crippen molar-refractivity contribution in [1.29, 1.82) is 0 Å². The minimum Gasteiger partial charge on any atom is -0.399 e. The largest absolute Gasteiger partial charge is 0.399 e. The van der Waals surface area contributed by atoms with Crippen LogP contribution in [0.2, 0.25) is 0 Å². The van der Waals surface area contributed by atoms with E-state index in [1.807, 2.05) is 0 Å². The summed E-state index contributed by atoms with van der Waals surface area (Å²) < 4.78 is 28.2. The van der Waals surface area contributed by atoms with Gasteiger partial charge in [-0.25, -0.2) is 18.4 Å². The van der Waals surface area contributed by atoms with Crippen molar-refractivity contribution in [1.82, 2.24) is 14.8 Å². The van der Waals surface area contributed by atoms with Crippen molar-refractivity contribution in [2.75, 3.05) is 5.73 Å². The van der Waals surface area contributed by atoms with Crippen LogP contribution in [0.5, 0.6) is 0 Å². The number of nitrogens with two attached hydrogens (primary N) is 1. The van der Waals surface area contributed by atoms with E-state index in [1.165, 1.54) is 11.0 Å². The Bertz CT molecular complexity index is 766. The first-order valence-corrected chi connectivity index (χ1v) is 6.31. The third kappa shape index (κ3) is 2.89. The zero-order chi connectivity index (χ0) is 14.8. The molecule has 2 N–H and O–H groups in total. The van der Waals surface area contributed by atoms with E-state index in [0.717, 1.165) is 23.8 Å². The molecule has 0 aliphatic rings. The Morgan fingerprint density at radius 1 is 1.05 bits per heavy atom. The summed E-state index contributed by atoms with van der Waals surface area (Å²) in [5.74, 6) is -0.446. The molecule has 1 aromatic heterocycles. The molecule has 0 saturated heterocycles. The second-order valence-electron chi connectivity index (χ2n) is 4.62. The van der Waals surface area contributed by atoms with Crippen LogP contribution >= 0.6 is 0 Å². The van der Waals surface area contributed by atoms with Crippen LogP contribution in [-0.4, -0.2) is 14.8 Å². The number of anilines is 1. The van der Waals surface area contributed by atoms with Gasteiger partial charge in [-0.1, -0.05) is 0 Å². The fourth-order valence-corrected chi connectivity index (χ4v) is 1.97. The second-order valence-corrected chi connectivity index (χ2v) is 4.62. The third-order valence-corrected chi connectivity index (χ3v) is 3.05. The molecule has 0 bridgehead atoms. The molecule has 106 valence electrons. The fraction of sp³-hybridized carbons (Fsp3) is 0.0667. The minimum atomic E-state index is -0.481. The number of nitrogens with zero attached hydrogens (tertiary/aromatic N) is 3. The van der Waals surface area contributed by atoms with Crippen molar-refractivity contribution in [3.05, 3.63) is 66.0 Å². The highest BCUT2D eigenvalue weighted by Crippen LogP contribution is 2.17. The van der Waals surface area contributed by atoms with E-state index in [9.17, 15) is 8.78 Å². The van der Waals surface area contributed by atoms with Crippen LogP contribution in [0.15, 0.2) is 48.8 Å². The van der Waals surface area contributed by atoms with Gasteiger partial charge in [0.25, 0.3) is 0 Å². The molecule has 0 spiro atoms. The van der Waals surface area contributed by atoms with Crippen molar-refractivity contribution >= 4 is 5.69 Å². The molecule has 4 nitrogen and oxygen atoms in total. The molecule has 0 aliphatic carbocycles. The number of aromatic nitrogens is 3. The molecule has 0 radical (unpaired) electrons. The highest BCUT2D eigenvalue weighted by molar-refractivity contribution is 5.57. The topological polar surface area (TPSA) is 56.7 Å². The van der Waals surface area contributed by atoms with Gasteiger partial charge in [0, 0.05) is 16.8 Å². The Hall–Kier alpha value is -2.76. The summed E-state index contributed by atoms with van der Waals surface area (Å²) in [6.07, 6.45) is 1.48. The molecule has 21 heavy (non-hydrogen) atoms. The quantitative estimate of drug-likeness (QED) is 0.753. The first kappa shape index (κ1) is 13.2. The predicted octanol–water partition coefficient (Wildman–Crippen LogP) is 2.85. The third-order valence-electron chi connectivity index (χ3n) is 3.05. The Balaban J connectivity index is 1.85. The van der Waals surface area contributed by atoms with Gasteiger partial charge < -0.3 is 5.73 Å². The molecule has 3 rings (SSSR count). The molecule has 0 saturated carbocycles. The highest BCUT2D eigenvalue weighted by Gasteiger charge is 2.08. The first-order chi connectivity index (χ1) is 10.1. The van der Waals surface area contributed by atoms with Crippen LogP contribution in [-0.2, 0) is 6.54 Å². The second kappa shape index (κ2) is 5.32. The molecular weight excluding hydrogens is 274 g/mol. The van der Waals surface area contributed by atoms with Crippen LogP contribution in [0.1, 0.15) is 5.56 Å². The molecule has 0 unspecified atom stereocenters. The summed E-state index contributed by atoms with van der Waals surface area (Å²) in [7, 11) is 0. The predicted molar refractivity (Wildman–Crippen MR) is 75.3 cm³/mol. The molecule has 0 amide bonds. The average Bonchev–Trinajstić information content (AvgIpc) is 2.92. The van der Waals surface area contributed by atoms with Crippen molar-refractivity contribution in [3.63, 3.8) is 0 Å². The van der Waals surface area contributed by atoms with Crippen LogP contribution in [0.25, 0.3) is 11.4 Å². The standard InChI is InChI=1S/C15H12F2N4/c16-12-3-6-14(17)11(7-12)8-21-9-19-15(20-21)10-1-4-13(18)5-2-10/h1-7,9H,8,18H2. The summed E-state index contributed by atoms with van der Waals surface area (Å²) in [4.78, 5) is 4.16. The maximum atomic E-state index is 13.6. The fourth-order valence-electron chi connectivity index (χ4n) is 1.97. The van der Waals surface area contributed by atoms with Gasteiger partial charge in [0.1, 0.15) is 18.0 Å². The lowest BCUT2D eigenvalue weighted by atomic mass is 10.2. The van der Waals surface area contributed by atoms with Gasteiger partial charge in [0.2, 0.25) is 0 Å². The Morgan fingerprint density at radius 2 is 1.81 bits per heavy atom. The first-order valence-electron chi connectivity index (χ1n) is 6.31. The van der Waals surface area contributed by atoms with Crippen molar-refractivity contribution in [3.8, 4) is 11.4 Å². The Labute approximate surface area is 119 Å². The number of benzene rings is 2. The van der Waals surface area contributed by atoms with Gasteiger partial charge in [-0.3, -0.25) is 0 Å². The minimum absolute atomic E-state index is 0.117. The number of rotatable bonds is 3. The highest BCUT2D eigenvalue weighted by atomic mass is 19.1. The summed E-state index contributed by atoms with van der Waals surface area (Å²) in [5.41, 5.74) is 7.31. The molecule has 0 atom stereocenters. The lowest BCUT2D eigenvalue weighted by Crippen LogP contribution is -2.03. The van der Waals surface area contributed by atoms with Gasteiger partial charge >= 0.3 is 0 Å². The summed E-state index contributed by atoms with van der Waals surface area (Å²) in [5, 5.41) is 4.25. The van der Waals surface area contributed by atoms with Crippen LogP contribution in [0.4, 0.5) is 14.5 Å². The molecular formula is C15H12F2N4. The lowest BCUT2D eigenvalue weighted by Gasteiger charge is -2.03. The van der Waals surface area contributed by atoms with Crippen molar-refractivity contribution in [2.45, 2.75) is 6.54 Å². The zero-order valence-electron chi connectivity index (χ0n) is 11.0. The van der Waals surface area contributed by atoms with Gasteiger partial charge in [-0.05, 0) is 42.5 Å². The molecule has 0 aliphatic heterocycles. The summed E-state index contributed by atoms with van der Waals surface area (Å²) in [6.45, 7) is 0.117. The van der Waals surface area contributed by atoms with E-state index in [4.69, 9.17) is 5.73 Å². The molecule has 0 fully saturated rings. The van der Waals surface area contributed by atoms with E-state index in [2.05, 4.69) is 10.1 Å². The zero-order valence-corrected chi connectivity index (χ0v) is 11.0. The summed E-state index contributed by atoms with van der Waals surface area (Å²) in [6, 6.07) is 10.4. The van der Waals surface area contributed by atoms with E-state index < -0.39 is 11.6 Å². The van der Waals surface area contributed by atoms with Crippen LogP contribution in [0.3, 0.4) is 0 Å². The lowest BCUT2D eigenvalue weighted by molar-refractivity contribution is 0.566. The molecule has 1 heterocycles. The van der Waals surface area contributed by atoms with Gasteiger partial charge in [0.15, 0.2) is 5.82 Å². The Kier molecular flexibility index (Phi) is 3.35. The monoisotopic (exact) mass is 286 g/mol. The van der Waals surface area contributed by atoms with Crippen molar-refractivity contribution < 1.29 is 8.78 Å². The maximum absolute atomic E-state index is 13.6. The van der Waals surface area contributed by atoms with Gasteiger partial charge in [0.05, 0.1) is 6.54 Å². The van der Waals surface area contributed by atoms with Gasteiger partial charge in [-0.15, -0.1) is 0 Å². The number of nitrogen functional groups attached to an aromatic ring is 1. The molecule has 6 heteroatoms. The van der Waals surface area contributed by atoms with Gasteiger partial charge in [-0.2, -0.15) is 5.10 Å². The number of halogens is 2. The number of hydrogen-bond acceptors (Lipinski definition) is 3. The van der Waals surface area contributed by atoms with Crippen molar-refractivity contribution in [2.24, 2.45) is 0 Å². The van der Waals surface area contributed by atoms with Crippen LogP contribution < -0.4 is 5.73 Å². The molecule has 2 aromatic carbocycles. The van der Waals surface area contributed by atoms with E-state index in [-0.39, 0.29) is 12.1 Å². The smallest absolute Gasteiger partial charge is 0.181 e. The summed E-state index contributed by atoms with van der Waals surface area (Å²) >= 11 is 0.